The monoisotopic (exact) mass is 755 g/mol. The second kappa shape index (κ2) is 10.6. The number of nitrogens with zero attached hydrogens (tertiary/aromatic N) is 3. The summed E-state index contributed by atoms with van der Waals surface area (Å²) in [6.45, 7) is 4.31. The van der Waals surface area contributed by atoms with E-state index in [1.165, 1.54) is 65.8 Å². The van der Waals surface area contributed by atoms with E-state index >= 15 is 0 Å². The van der Waals surface area contributed by atoms with Crippen LogP contribution in [-0.2, 0) is 20.1 Å². The molecule has 4 heteroatoms. The Morgan fingerprint density at radius 1 is 0.511 bits per heavy atom. The largest absolute Gasteiger partial charge is 0.327 e. The fourth-order valence-electron chi connectivity index (χ4n) is 6.82. The number of rotatable bonds is 3. The van der Waals surface area contributed by atoms with Gasteiger partial charge in [0.25, 0.3) is 0 Å². The van der Waals surface area contributed by atoms with Crippen molar-refractivity contribution in [3.05, 3.63) is 151 Å². The van der Waals surface area contributed by atoms with Gasteiger partial charge >= 0.3 is 0 Å². The van der Waals surface area contributed by atoms with Crippen LogP contribution >= 0.6 is 0 Å². The fourth-order valence-corrected chi connectivity index (χ4v) is 6.82. The van der Waals surface area contributed by atoms with Crippen molar-refractivity contribution in [2.45, 2.75) is 13.8 Å². The summed E-state index contributed by atoms with van der Waals surface area (Å²) in [7, 11) is 0. The van der Waals surface area contributed by atoms with Crippen LogP contribution in [0.4, 0.5) is 0 Å². The number of aryl methyl sites for hydroxylation is 2. The van der Waals surface area contributed by atoms with Crippen LogP contribution in [0.3, 0.4) is 0 Å². The van der Waals surface area contributed by atoms with Crippen molar-refractivity contribution in [1.82, 2.24) is 14.1 Å². The van der Waals surface area contributed by atoms with Crippen molar-refractivity contribution < 1.29 is 20.1 Å². The molecule has 0 amide bonds. The van der Waals surface area contributed by atoms with Gasteiger partial charge in [0.05, 0.1) is 22.1 Å². The molecule has 0 saturated heterocycles. The van der Waals surface area contributed by atoms with Crippen molar-refractivity contribution >= 4 is 54.4 Å². The summed E-state index contributed by atoms with van der Waals surface area (Å²) in [6, 6.07) is 49.5. The minimum absolute atomic E-state index is 0. The average Bonchev–Trinajstić information content (AvgIpc) is 3.55. The molecule has 0 N–H and O–H groups in total. The molecule has 3 heterocycles. The summed E-state index contributed by atoms with van der Waals surface area (Å²) in [5.74, 6) is 0. The zero-order valence-electron chi connectivity index (χ0n) is 24.9. The summed E-state index contributed by atoms with van der Waals surface area (Å²) in [4.78, 5) is 4.80. The SMILES string of the molecule is Cc1ccc(-n2c3ccc(C)cc3c3cc4c5ccccc5n(-c5cc[c-]c(-c6cc7ccccc7cn6)c5)c4cc32)cc1.[Ir]. The van der Waals surface area contributed by atoms with Gasteiger partial charge in [-0.05, 0) is 78.5 Å². The molecule has 1 radical (unpaired) electrons. The van der Waals surface area contributed by atoms with Crippen LogP contribution in [0.2, 0.25) is 0 Å². The molecule has 9 rings (SSSR count). The predicted molar refractivity (Wildman–Crippen MR) is 184 cm³/mol. The molecular formula is C41H28IrN3-. The number of fused-ring (bicyclic) bond motifs is 7. The van der Waals surface area contributed by atoms with Gasteiger partial charge in [0, 0.05) is 53.5 Å². The zero-order chi connectivity index (χ0) is 29.4. The number of hydrogen-bond acceptors (Lipinski definition) is 1. The van der Waals surface area contributed by atoms with Gasteiger partial charge in [0.1, 0.15) is 0 Å². The van der Waals surface area contributed by atoms with E-state index in [0.717, 1.165) is 22.3 Å². The first-order valence-corrected chi connectivity index (χ1v) is 15.0. The zero-order valence-corrected chi connectivity index (χ0v) is 27.3. The Morgan fingerprint density at radius 3 is 2.02 bits per heavy atom. The Bertz CT molecular complexity index is 2570. The number of hydrogen-bond donors (Lipinski definition) is 0. The maximum Gasteiger partial charge on any atom is 0.0562 e. The third-order valence-corrected chi connectivity index (χ3v) is 8.96. The maximum absolute atomic E-state index is 4.80. The number of pyridine rings is 1. The second-order valence-electron chi connectivity index (χ2n) is 11.8. The normalized spacial score (nSPS) is 11.6. The first-order chi connectivity index (χ1) is 21.6. The minimum Gasteiger partial charge on any atom is -0.327 e. The van der Waals surface area contributed by atoms with Crippen LogP contribution in [0.1, 0.15) is 11.1 Å². The summed E-state index contributed by atoms with van der Waals surface area (Å²) < 4.78 is 4.80. The standard InChI is InChI=1S/C41H28N3.Ir/c1-26-14-17-31(18-15-26)43-39-19-16-27(2)20-34(39)36-23-35-33-12-5-6-13-38(33)44(40(35)24-41(36)43)32-11-7-10-29(21-32)37-22-28-8-3-4-9-30(28)25-42-37;/h3-9,11-25H,1-2H3;/q-1;. The molecule has 9 aromatic rings. The summed E-state index contributed by atoms with van der Waals surface area (Å²) in [6.07, 6.45) is 1.95. The minimum atomic E-state index is 0. The van der Waals surface area contributed by atoms with E-state index < -0.39 is 0 Å². The maximum atomic E-state index is 4.80. The predicted octanol–water partition coefficient (Wildman–Crippen LogP) is 10.5. The van der Waals surface area contributed by atoms with Gasteiger partial charge in [0.2, 0.25) is 0 Å². The molecule has 217 valence electrons. The van der Waals surface area contributed by atoms with Gasteiger partial charge < -0.3 is 14.1 Å². The average molecular weight is 755 g/mol. The Balaban J connectivity index is 0.00000300. The quantitative estimate of drug-likeness (QED) is 0.165. The Hall–Kier alpha value is -5.02. The van der Waals surface area contributed by atoms with Gasteiger partial charge in [-0.3, -0.25) is 0 Å². The molecule has 45 heavy (non-hydrogen) atoms. The molecule has 0 spiro atoms. The number of benzene rings is 6. The van der Waals surface area contributed by atoms with Gasteiger partial charge in [0.15, 0.2) is 0 Å². The van der Waals surface area contributed by atoms with Gasteiger partial charge in [-0.15, -0.1) is 29.8 Å². The molecule has 0 fully saturated rings. The molecule has 0 aliphatic rings. The van der Waals surface area contributed by atoms with Crippen LogP contribution in [0, 0.1) is 19.9 Å². The van der Waals surface area contributed by atoms with E-state index in [4.69, 9.17) is 4.98 Å². The number of para-hydroxylation sites is 1. The first kappa shape index (κ1) is 27.5. The van der Waals surface area contributed by atoms with Crippen molar-refractivity contribution in [2.24, 2.45) is 0 Å². The third-order valence-electron chi connectivity index (χ3n) is 8.96. The molecule has 3 nitrogen and oxygen atoms in total. The molecule has 0 atom stereocenters. The van der Waals surface area contributed by atoms with Gasteiger partial charge in [-0.1, -0.05) is 77.9 Å². The second-order valence-corrected chi connectivity index (χ2v) is 11.8. The molecule has 0 aliphatic heterocycles. The van der Waals surface area contributed by atoms with Crippen LogP contribution in [0.15, 0.2) is 134 Å². The van der Waals surface area contributed by atoms with Crippen molar-refractivity contribution in [3.63, 3.8) is 0 Å². The van der Waals surface area contributed by atoms with Crippen molar-refractivity contribution in [2.75, 3.05) is 0 Å². The summed E-state index contributed by atoms with van der Waals surface area (Å²) >= 11 is 0. The van der Waals surface area contributed by atoms with E-state index in [9.17, 15) is 0 Å². The fraction of sp³-hybridized carbons (Fsp3) is 0.0488. The van der Waals surface area contributed by atoms with Gasteiger partial charge in [-0.25, -0.2) is 0 Å². The van der Waals surface area contributed by atoms with E-state index in [-0.39, 0.29) is 20.1 Å². The molecule has 0 aliphatic carbocycles. The molecule has 3 aromatic heterocycles. The number of aromatic nitrogens is 3. The summed E-state index contributed by atoms with van der Waals surface area (Å²) in [5.41, 5.74) is 11.4. The van der Waals surface area contributed by atoms with Crippen molar-refractivity contribution in [1.29, 1.82) is 0 Å². The molecular weight excluding hydrogens is 727 g/mol. The Morgan fingerprint density at radius 2 is 1.18 bits per heavy atom. The van der Waals surface area contributed by atoms with Crippen LogP contribution in [0.5, 0.6) is 0 Å². The Labute approximate surface area is 274 Å². The van der Waals surface area contributed by atoms with Crippen LogP contribution < -0.4 is 0 Å². The van der Waals surface area contributed by atoms with Gasteiger partial charge in [-0.2, -0.15) is 0 Å². The molecule has 0 bridgehead atoms. The van der Waals surface area contributed by atoms with E-state index in [0.29, 0.717) is 0 Å². The topological polar surface area (TPSA) is 22.8 Å². The van der Waals surface area contributed by atoms with E-state index in [1.54, 1.807) is 0 Å². The molecule has 0 unspecified atom stereocenters. The molecule has 0 saturated carbocycles. The third kappa shape index (κ3) is 4.33. The van der Waals surface area contributed by atoms with E-state index in [2.05, 4.69) is 150 Å². The van der Waals surface area contributed by atoms with E-state index in [1.807, 2.05) is 12.3 Å². The van der Waals surface area contributed by atoms with Crippen molar-refractivity contribution in [3.8, 4) is 22.6 Å². The summed E-state index contributed by atoms with van der Waals surface area (Å²) in [5, 5.41) is 7.34. The Kier molecular flexibility index (Phi) is 6.46. The van der Waals surface area contributed by atoms with Crippen LogP contribution in [-0.4, -0.2) is 14.1 Å². The smallest absolute Gasteiger partial charge is 0.0562 e. The molecule has 6 aromatic carbocycles. The first-order valence-electron chi connectivity index (χ1n) is 15.0. The van der Waals surface area contributed by atoms with Crippen LogP contribution in [0.25, 0.3) is 77.0 Å².